The number of halogens is 1. The fourth-order valence-corrected chi connectivity index (χ4v) is 1.62. The molecule has 0 fully saturated rings. The molecule has 0 aliphatic heterocycles. The van der Waals surface area contributed by atoms with Gasteiger partial charge in [0.05, 0.1) is 5.56 Å². The lowest BCUT2D eigenvalue weighted by molar-refractivity contribution is 0.101. The highest BCUT2D eigenvalue weighted by atomic mass is 19.1. The zero-order chi connectivity index (χ0) is 12.4. The molecule has 0 unspecified atom stereocenters. The minimum Gasteiger partial charge on any atom is -0.453 e. The van der Waals surface area contributed by atoms with Gasteiger partial charge in [-0.2, -0.15) is 0 Å². The first kappa shape index (κ1) is 11.3. The van der Waals surface area contributed by atoms with Crippen LogP contribution in [0.4, 0.5) is 4.39 Å². The first-order chi connectivity index (χ1) is 8.13. The van der Waals surface area contributed by atoms with E-state index < -0.39 is 5.82 Å². The number of carbonyl (C=O) groups excluding carboxylic acids is 2. The Balaban J connectivity index is 2.64. The molecule has 2 rings (SSSR count). The summed E-state index contributed by atoms with van der Waals surface area (Å²) < 4.78 is 18.8. The van der Waals surface area contributed by atoms with Crippen LogP contribution in [0, 0.1) is 5.82 Å². The average molecular weight is 232 g/mol. The second-order valence-corrected chi connectivity index (χ2v) is 3.54. The van der Waals surface area contributed by atoms with E-state index in [-0.39, 0.29) is 28.4 Å². The van der Waals surface area contributed by atoms with Crippen LogP contribution >= 0.6 is 0 Å². The predicted molar refractivity (Wildman–Crippen MR) is 59.5 cm³/mol. The van der Waals surface area contributed by atoms with Crippen molar-refractivity contribution in [3.05, 3.63) is 47.5 Å². The highest BCUT2D eigenvalue weighted by Gasteiger charge is 2.16. The van der Waals surface area contributed by atoms with Crippen LogP contribution in [-0.2, 0) is 0 Å². The minimum absolute atomic E-state index is 0.0908. The molecule has 1 aromatic heterocycles. The maximum absolute atomic E-state index is 13.7. The lowest BCUT2D eigenvalue weighted by Gasteiger charge is -2.05. The number of furan rings is 1. The Morgan fingerprint density at radius 2 is 2.06 bits per heavy atom. The number of Topliss-reactive ketones (excluding diaryl/α,β-unsaturated/α-hetero) is 1. The van der Waals surface area contributed by atoms with Gasteiger partial charge in [-0.1, -0.05) is 12.1 Å². The summed E-state index contributed by atoms with van der Waals surface area (Å²) in [4.78, 5) is 21.9. The maximum Gasteiger partial charge on any atom is 0.185 e. The van der Waals surface area contributed by atoms with Gasteiger partial charge in [0.1, 0.15) is 11.6 Å². The Kier molecular flexibility index (Phi) is 2.87. The third-order valence-corrected chi connectivity index (χ3v) is 2.38. The van der Waals surface area contributed by atoms with E-state index in [2.05, 4.69) is 0 Å². The molecule has 0 radical (unpaired) electrons. The summed E-state index contributed by atoms with van der Waals surface area (Å²) in [6.07, 6.45) is 0.526. The molecule has 0 saturated carbocycles. The smallest absolute Gasteiger partial charge is 0.185 e. The van der Waals surface area contributed by atoms with Crippen LogP contribution < -0.4 is 0 Å². The molecule has 3 nitrogen and oxygen atoms in total. The molecule has 0 saturated heterocycles. The largest absolute Gasteiger partial charge is 0.453 e. The number of ketones is 1. The number of aldehydes is 1. The molecule has 17 heavy (non-hydrogen) atoms. The normalized spacial score (nSPS) is 10.2. The molecule has 0 N–H and O–H groups in total. The van der Waals surface area contributed by atoms with Crippen LogP contribution in [0.15, 0.2) is 34.7 Å². The van der Waals surface area contributed by atoms with E-state index in [4.69, 9.17) is 4.42 Å². The van der Waals surface area contributed by atoms with Gasteiger partial charge in [0.15, 0.2) is 17.8 Å². The summed E-state index contributed by atoms with van der Waals surface area (Å²) >= 11 is 0. The van der Waals surface area contributed by atoms with Crippen LogP contribution in [0.5, 0.6) is 0 Å². The van der Waals surface area contributed by atoms with Crippen molar-refractivity contribution in [2.75, 3.05) is 0 Å². The molecule has 1 aromatic carbocycles. The van der Waals surface area contributed by atoms with Crippen LogP contribution in [0.3, 0.4) is 0 Å². The van der Waals surface area contributed by atoms with Crippen LogP contribution in [0.1, 0.15) is 27.8 Å². The molecule has 4 heteroatoms. The minimum atomic E-state index is -0.551. The SMILES string of the molecule is CC(=O)c1cccc(F)c1-c1ccc(C=O)o1. The summed E-state index contributed by atoms with van der Waals surface area (Å²) in [6, 6.07) is 7.11. The highest BCUT2D eigenvalue weighted by molar-refractivity contribution is 6.00. The quantitative estimate of drug-likeness (QED) is 0.603. The molecule has 0 bridgehead atoms. The number of benzene rings is 1. The third kappa shape index (κ3) is 2.01. The van der Waals surface area contributed by atoms with Gasteiger partial charge in [0, 0.05) is 5.56 Å². The molecular weight excluding hydrogens is 223 g/mol. The van der Waals surface area contributed by atoms with Crippen molar-refractivity contribution in [1.29, 1.82) is 0 Å². The first-order valence-electron chi connectivity index (χ1n) is 4.98. The fraction of sp³-hybridized carbons (Fsp3) is 0.0769. The van der Waals surface area contributed by atoms with Gasteiger partial charge >= 0.3 is 0 Å². The van der Waals surface area contributed by atoms with Gasteiger partial charge in [-0.3, -0.25) is 9.59 Å². The Morgan fingerprint density at radius 1 is 1.29 bits per heavy atom. The fourth-order valence-electron chi connectivity index (χ4n) is 1.62. The Morgan fingerprint density at radius 3 is 2.65 bits per heavy atom. The highest BCUT2D eigenvalue weighted by Crippen LogP contribution is 2.28. The second-order valence-electron chi connectivity index (χ2n) is 3.54. The molecule has 2 aromatic rings. The molecule has 0 aliphatic carbocycles. The number of rotatable bonds is 3. The van der Waals surface area contributed by atoms with Crippen molar-refractivity contribution in [1.82, 2.24) is 0 Å². The van der Waals surface area contributed by atoms with Crippen LogP contribution in [0.2, 0.25) is 0 Å². The average Bonchev–Trinajstić information content (AvgIpc) is 2.76. The lowest BCUT2D eigenvalue weighted by Crippen LogP contribution is -1.98. The van der Waals surface area contributed by atoms with Gasteiger partial charge in [-0.05, 0) is 25.1 Å². The number of carbonyl (C=O) groups is 2. The Hall–Kier alpha value is -2.23. The zero-order valence-electron chi connectivity index (χ0n) is 9.07. The predicted octanol–water partition coefficient (Wildman–Crippen LogP) is 3.10. The van der Waals surface area contributed by atoms with Gasteiger partial charge in [-0.25, -0.2) is 4.39 Å². The monoisotopic (exact) mass is 232 g/mol. The number of hydrogen-bond donors (Lipinski definition) is 0. The van der Waals surface area contributed by atoms with Crippen molar-refractivity contribution in [3.63, 3.8) is 0 Å². The van der Waals surface area contributed by atoms with E-state index in [1.165, 1.54) is 37.3 Å². The van der Waals surface area contributed by atoms with E-state index >= 15 is 0 Å². The van der Waals surface area contributed by atoms with Crippen LogP contribution in [-0.4, -0.2) is 12.1 Å². The molecular formula is C13H9FO3. The molecule has 86 valence electrons. The van der Waals surface area contributed by atoms with Crippen molar-refractivity contribution in [3.8, 4) is 11.3 Å². The van der Waals surface area contributed by atoms with Crippen molar-refractivity contribution >= 4 is 12.1 Å². The van der Waals surface area contributed by atoms with E-state index in [0.717, 1.165) is 0 Å². The zero-order valence-corrected chi connectivity index (χ0v) is 9.07. The topological polar surface area (TPSA) is 47.3 Å². The second kappa shape index (κ2) is 4.33. The molecule has 0 aliphatic rings. The van der Waals surface area contributed by atoms with Gasteiger partial charge in [0.25, 0.3) is 0 Å². The Bertz CT molecular complexity index is 584. The molecule has 0 spiro atoms. The summed E-state index contributed by atoms with van der Waals surface area (Å²) in [5.41, 5.74) is 0.324. The van der Waals surface area contributed by atoms with Crippen LogP contribution in [0.25, 0.3) is 11.3 Å². The Labute approximate surface area is 96.9 Å². The van der Waals surface area contributed by atoms with E-state index in [0.29, 0.717) is 6.29 Å². The van der Waals surface area contributed by atoms with Gasteiger partial charge in [0.2, 0.25) is 0 Å². The van der Waals surface area contributed by atoms with E-state index in [1.54, 1.807) is 0 Å². The lowest BCUT2D eigenvalue weighted by atomic mass is 10.0. The van der Waals surface area contributed by atoms with Crippen molar-refractivity contribution < 1.29 is 18.4 Å². The third-order valence-electron chi connectivity index (χ3n) is 2.38. The summed E-state index contributed by atoms with van der Waals surface area (Å²) in [6.45, 7) is 1.35. The molecule has 1 heterocycles. The van der Waals surface area contributed by atoms with Crippen molar-refractivity contribution in [2.45, 2.75) is 6.92 Å². The summed E-state index contributed by atoms with van der Waals surface area (Å²) in [5.74, 6) is -0.541. The standard InChI is InChI=1S/C13H9FO3/c1-8(16)10-3-2-4-11(14)13(10)12-6-5-9(7-15)17-12/h2-7H,1H3. The summed E-state index contributed by atoms with van der Waals surface area (Å²) in [7, 11) is 0. The number of hydrogen-bond acceptors (Lipinski definition) is 3. The summed E-state index contributed by atoms with van der Waals surface area (Å²) in [5, 5.41) is 0. The first-order valence-corrected chi connectivity index (χ1v) is 4.98. The molecule has 0 atom stereocenters. The van der Waals surface area contributed by atoms with E-state index in [1.807, 2.05) is 0 Å². The van der Waals surface area contributed by atoms with E-state index in [9.17, 15) is 14.0 Å². The van der Waals surface area contributed by atoms with Crippen molar-refractivity contribution in [2.24, 2.45) is 0 Å². The van der Waals surface area contributed by atoms with Gasteiger partial charge in [-0.15, -0.1) is 0 Å². The molecule has 0 amide bonds. The van der Waals surface area contributed by atoms with Gasteiger partial charge < -0.3 is 4.42 Å². The maximum atomic E-state index is 13.7.